The Labute approximate surface area is 213 Å². The quantitative estimate of drug-likeness (QED) is 0.552. The van der Waals surface area contributed by atoms with Gasteiger partial charge in [-0.2, -0.15) is 0 Å². The highest BCUT2D eigenvalue weighted by atomic mass is 31.1. The summed E-state index contributed by atoms with van der Waals surface area (Å²) < 4.78 is 0. The van der Waals surface area contributed by atoms with Crippen LogP contribution < -0.4 is 15.9 Å². The molecular weight excluding hydrogens is 445 g/mol. The maximum atomic E-state index is 4.34. The van der Waals surface area contributed by atoms with Crippen LogP contribution >= 0.6 is 8.20 Å². The lowest BCUT2D eigenvalue weighted by Gasteiger charge is -2.39. The highest BCUT2D eigenvalue weighted by molar-refractivity contribution is 7.47. The number of benzene rings is 2. The van der Waals surface area contributed by atoms with E-state index in [1.54, 1.807) is 11.1 Å². The van der Waals surface area contributed by atoms with Gasteiger partial charge in [0.25, 0.3) is 0 Å². The van der Waals surface area contributed by atoms with Gasteiger partial charge in [-0.15, -0.1) is 0 Å². The second-order valence-corrected chi connectivity index (χ2v) is 12.7. The summed E-state index contributed by atoms with van der Waals surface area (Å²) in [6, 6.07) is 15.5. The maximum Gasteiger partial charge on any atom is 0.0494 e. The summed E-state index contributed by atoms with van der Waals surface area (Å²) in [4.78, 5) is 2.49. The van der Waals surface area contributed by atoms with Gasteiger partial charge in [0.15, 0.2) is 0 Å². The van der Waals surface area contributed by atoms with Crippen LogP contribution in [0, 0.1) is 12.8 Å². The van der Waals surface area contributed by atoms with E-state index in [4.69, 9.17) is 0 Å². The van der Waals surface area contributed by atoms with E-state index in [1.165, 1.54) is 93.9 Å². The van der Waals surface area contributed by atoms with Crippen LogP contribution in [0.4, 0.5) is 0 Å². The molecule has 0 amide bonds. The van der Waals surface area contributed by atoms with E-state index < -0.39 is 0 Å². The Morgan fingerprint density at radius 3 is 2.71 bits per heavy atom. The second-order valence-electron chi connectivity index (χ2n) is 11.6. The molecule has 2 heterocycles. The van der Waals surface area contributed by atoms with Crippen molar-refractivity contribution < 1.29 is 0 Å². The number of rotatable bonds is 6. The van der Waals surface area contributed by atoms with Crippen LogP contribution in [0.2, 0.25) is 0 Å². The molecule has 184 valence electrons. The van der Waals surface area contributed by atoms with Crippen molar-refractivity contribution in [1.29, 1.82) is 0 Å². The van der Waals surface area contributed by atoms with Crippen LogP contribution in [0.1, 0.15) is 55.2 Å². The van der Waals surface area contributed by atoms with Gasteiger partial charge in [-0.3, -0.25) is 0 Å². The molecule has 0 aromatic heterocycles. The molecule has 4 heteroatoms. The molecule has 3 fully saturated rings. The zero-order chi connectivity index (χ0) is 24.0. The van der Waals surface area contributed by atoms with Gasteiger partial charge in [-0.25, -0.2) is 0 Å². The van der Waals surface area contributed by atoms with Crippen LogP contribution in [0.3, 0.4) is 0 Å². The topological polar surface area (TPSA) is 27.3 Å². The monoisotopic (exact) mass is 485 g/mol. The van der Waals surface area contributed by atoms with Crippen molar-refractivity contribution in [2.45, 2.75) is 69.4 Å². The number of likely N-dealkylation sites (tertiary alicyclic amines) is 1. The summed E-state index contributed by atoms with van der Waals surface area (Å²) >= 11 is 0. The number of hydrogen-bond acceptors (Lipinski definition) is 3. The summed E-state index contributed by atoms with van der Waals surface area (Å²) in [5.41, 5.74) is 8.93. The van der Waals surface area contributed by atoms with Crippen LogP contribution in [0.15, 0.2) is 48.7 Å². The Balaban J connectivity index is 1.15. The van der Waals surface area contributed by atoms with Crippen LogP contribution in [0.5, 0.6) is 0 Å². The van der Waals surface area contributed by atoms with Crippen molar-refractivity contribution in [2.75, 3.05) is 26.7 Å². The molecule has 6 rings (SSSR count). The SMILES string of the molecule is C=C(NCC=Pc1cc(-c2ccc3c(c2)C2(CC3)CCN(C)CC2)ccc1C)C1NC2CCC1C2. The van der Waals surface area contributed by atoms with E-state index in [9.17, 15) is 0 Å². The van der Waals surface area contributed by atoms with E-state index in [0.29, 0.717) is 11.5 Å². The van der Waals surface area contributed by atoms with Crippen LogP contribution in [-0.2, 0) is 11.8 Å². The molecule has 2 N–H and O–H groups in total. The molecule has 2 aliphatic carbocycles. The van der Waals surface area contributed by atoms with Gasteiger partial charge in [0.1, 0.15) is 0 Å². The molecule has 2 saturated heterocycles. The van der Waals surface area contributed by atoms with Crippen molar-refractivity contribution in [3.8, 4) is 11.1 Å². The Bertz CT molecular complexity index is 1140. The fourth-order valence-corrected chi connectivity index (χ4v) is 8.02. The highest BCUT2D eigenvalue weighted by Crippen LogP contribution is 2.47. The van der Waals surface area contributed by atoms with Gasteiger partial charge < -0.3 is 15.5 Å². The lowest BCUT2D eigenvalue weighted by Crippen LogP contribution is -2.41. The first-order chi connectivity index (χ1) is 17.0. The van der Waals surface area contributed by atoms with Gasteiger partial charge in [-0.05, 0) is 123 Å². The second kappa shape index (κ2) is 9.51. The Morgan fingerprint density at radius 1 is 1.14 bits per heavy atom. The molecular formula is C31H40N3P. The summed E-state index contributed by atoms with van der Waals surface area (Å²) in [5.74, 6) is 3.14. The first-order valence-electron chi connectivity index (χ1n) is 13.6. The molecule has 1 saturated carbocycles. The number of hydrogen-bond donors (Lipinski definition) is 2. The summed E-state index contributed by atoms with van der Waals surface area (Å²) in [6.07, 6.45) is 9.24. The van der Waals surface area contributed by atoms with Crippen molar-refractivity contribution in [2.24, 2.45) is 5.92 Å². The molecule has 2 aromatic carbocycles. The van der Waals surface area contributed by atoms with Gasteiger partial charge >= 0.3 is 0 Å². The maximum absolute atomic E-state index is 4.34. The van der Waals surface area contributed by atoms with Crippen LogP contribution in [0.25, 0.3) is 11.1 Å². The van der Waals surface area contributed by atoms with Crippen LogP contribution in [-0.4, -0.2) is 49.5 Å². The zero-order valence-electron chi connectivity index (χ0n) is 21.4. The average Bonchev–Trinajstić information content (AvgIpc) is 3.60. The normalized spacial score (nSPS) is 27.1. The van der Waals surface area contributed by atoms with Crippen molar-refractivity contribution in [3.63, 3.8) is 0 Å². The summed E-state index contributed by atoms with van der Waals surface area (Å²) in [7, 11) is 3.54. The molecule has 2 aliphatic heterocycles. The molecule has 3 nitrogen and oxygen atoms in total. The molecule has 3 unspecified atom stereocenters. The Kier molecular flexibility index (Phi) is 6.37. The van der Waals surface area contributed by atoms with Crippen molar-refractivity contribution in [1.82, 2.24) is 15.5 Å². The van der Waals surface area contributed by atoms with Gasteiger partial charge in [0.2, 0.25) is 0 Å². The molecule has 2 aromatic rings. The number of fused-ring (bicyclic) bond motifs is 4. The smallest absolute Gasteiger partial charge is 0.0494 e. The molecule has 0 radical (unpaired) electrons. The Morgan fingerprint density at radius 2 is 1.94 bits per heavy atom. The number of piperidine rings is 2. The lowest BCUT2D eigenvalue weighted by atomic mass is 9.73. The fraction of sp³-hybridized carbons (Fsp3) is 0.516. The predicted molar refractivity (Wildman–Crippen MR) is 151 cm³/mol. The molecule has 3 atom stereocenters. The van der Waals surface area contributed by atoms with E-state index in [1.807, 2.05) is 0 Å². The highest BCUT2D eigenvalue weighted by Gasteiger charge is 2.41. The standard InChI is InChI=1S/C31H40N3P/c1-21-4-5-25(20-29(21)35-17-14-32-22(2)30-26-8-9-27(18-26)33-30)24-7-6-23-10-11-31(28(23)19-24)12-15-34(3)16-13-31/h4-7,17,19-20,26-27,30,32-33H,2,8-16,18H2,1,3H3. The minimum absolute atomic E-state index is 0.416. The molecule has 35 heavy (non-hydrogen) atoms. The first kappa shape index (κ1) is 23.5. The first-order valence-corrected chi connectivity index (χ1v) is 14.6. The third kappa shape index (κ3) is 4.52. The zero-order valence-corrected chi connectivity index (χ0v) is 22.3. The van der Waals surface area contributed by atoms with Gasteiger partial charge in [0.05, 0.1) is 0 Å². The summed E-state index contributed by atoms with van der Waals surface area (Å²) in [5, 5.41) is 8.74. The predicted octanol–water partition coefficient (Wildman–Crippen LogP) is 5.19. The molecule has 1 spiro atoms. The Hall–Kier alpha value is -1.93. The summed E-state index contributed by atoms with van der Waals surface area (Å²) in [6.45, 7) is 9.90. The molecule has 2 bridgehead atoms. The van der Waals surface area contributed by atoms with Gasteiger partial charge in [0, 0.05) is 29.6 Å². The lowest BCUT2D eigenvalue weighted by molar-refractivity contribution is 0.187. The third-order valence-corrected chi connectivity index (χ3v) is 10.6. The van der Waals surface area contributed by atoms with E-state index in [0.717, 1.165) is 18.5 Å². The van der Waals surface area contributed by atoms with E-state index in [2.05, 4.69) is 78.3 Å². The average molecular weight is 486 g/mol. The molecule has 4 aliphatic rings. The minimum atomic E-state index is 0.416. The van der Waals surface area contributed by atoms with E-state index >= 15 is 0 Å². The van der Waals surface area contributed by atoms with Crippen molar-refractivity contribution >= 4 is 19.3 Å². The van der Waals surface area contributed by atoms with Gasteiger partial charge in [-0.1, -0.05) is 45.1 Å². The number of aryl methyl sites for hydroxylation is 2. The fourth-order valence-electron chi connectivity index (χ4n) is 7.15. The van der Waals surface area contributed by atoms with Crippen molar-refractivity contribution in [3.05, 3.63) is 65.4 Å². The number of nitrogens with one attached hydrogen (secondary N) is 2. The largest absolute Gasteiger partial charge is 0.384 e. The van der Waals surface area contributed by atoms with E-state index in [-0.39, 0.29) is 0 Å². The third-order valence-electron chi connectivity index (χ3n) is 9.43. The minimum Gasteiger partial charge on any atom is -0.384 e. The number of nitrogens with zero attached hydrogens (tertiary/aromatic N) is 1.